The predicted molar refractivity (Wildman–Crippen MR) is 74.3 cm³/mol. The van der Waals surface area contributed by atoms with Crippen LogP contribution >= 0.6 is 0 Å². The number of nitrogens with zero attached hydrogens (tertiary/aromatic N) is 3. The molecule has 2 aromatic rings. The summed E-state index contributed by atoms with van der Waals surface area (Å²) in [4.78, 5) is 14.6. The van der Waals surface area contributed by atoms with Crippen molar-refractivity contribution in [2.24, 2.45) is 0 Å². The van der Waals surface area contributed by atoms with Crippen molar-refractivity contribution >= 4 is 5.91 Å². The number of likely N-dealkylation sites (tertiary alicyclic amines) is 1. The van der Waals surface area contributed by atoms with Crippen molar-refractivity contribution in [2.45, 2.75) is 38.8 Å². The fourth-order valence-corrected chi connectivity index (χ4v) is 2.84. The molecule has 0 spiro atoms. The largest absolute Gasteiger partial charge is 0.469 e. The summed E-state index contributed by atoms with van der Waals surface area (Å²) in [5.41, 5.74) is 0.678. The van der Waals surface area contributed by atoms with E-state index in [-0.39, 0.29) is 11.9 Å². The molecule has 1 amide bonds. The minimum atomic E-state index is 0.0770. The van der Waals surface area contributed by atoms with Gasteiger partial charge in [-0.05, 0) is 38.3 Å². The SMILES string of the molecule is Cc1occc1C(=O)N1CCCC[C@H]1Cn1cccn1. The molecule has 0 radical (unpaired) electrons. The highest BCUT2D eigenvalue weighted by molar-refractivity contribution is 5.95. The summed E-state index contributed by atoms with van der Waals surface area (Å²) < 4.78 is 7.15. The second kappa shape index (κ2) is 5.53. The van der Waals surface area contributed by atoms with Crippen LogP contribution in [0.2, 0.25) is 0 Å². The molecular formula is C15H19N3O2. The number of furan rings is 1. The molecule has 0 N–H and O–H groups in total. The van der Waals surface area contributed by atoms with E-state index < -0.39 is 0 Å². The van der Waals surface area contributed by atoms with Gasteiger partial charge in [-0.1, -0.05) is 0 Å². The van der Waals surface area contributed by atoms with Gasteiger partial charge in [0.25, 0.3) is 5.91 Å². The Kier molecular flexibility index (Phi) is 3.58. The van der Waals surface area contributed by atoms with Crippen molar-refractivity contribution in [3.05, 3.63) is 42.1 Å². The van der Waals surface area contributed by atoms with Crippen LogP contribution in [0.1, 0.15) is 35.4 Å². The van der Waals surface area contributed by atoms with Gasteiger partial charge in [0.1, 0.15) is 5.76 Å². The van der Waals surface area contributed by atoms with E-state index in [2.05, 4.69) is 5.10 Å². The van der Waals surface area contributed by atoms with Crippen LogP contribution in [-0.2, 0) is 6.54 Å². The number of carbonyl (C=O) groups is 1. The zero-order valence-corrected chi connectivity index (χ0v) is 11.7. The first-order chi connectivity index (χ1) is 9.75. The van der Waals surface area contributed by atoms with E-state index in [1.54, 1.807) is 18.5 Å². The Balaban J connectivity index is 1.78. The lowest BCUT2D eigenvalue weighted by Gasteiger charge is -2.35. The molecule has 1 aliphatic rings. The van der Waals surface area contributed by atoms with Crippen LogP contribution in [0.5, 0.6) is 0 Å². The normalized spacial score (nSPS) is 19.2. The van der Waals surface area contributed by atoms with Crippen LogP contribution in [0.15, 0.2) is 35.2 Å². The molecule has 1 aliphatic heterocycles. The summed E-state index contributed by atoms with van der Waals surface area (Å²) in [5.74, 6) is 0.770. The maximum Gasteiger partial charge on any atom is 0.257 e. The van der Waals surface area contributed by atoms with E-state index in [4.69, 9.17) is 4.42 Å². The van der Waals surface area contributed by atoms with Crippen LogP contribution in [-0.4, -0.2) is 33.2 Å². The Bertz CT molecular complexity index is 574. The standard InChI is InChI=1S/C15H19N3O2/c1-12-14(6-10-20-12)15(19)18-9-3-2-5-13(18)11-17-8-4-7-16-17/h4,6-8,10,13H,2-3,5,9,11H2,1H3/t13-/m0/s1. The molecule has 1 atom stereocenters. The topological polar surface area (TPSA) is 51.3 Å². The minimum Gasteiger partial charge on any atom is -0.469 e. The third-order valence-corrected chi connectivity index (χ3v) is 3.93. The molecule has 0 aliphatic carbocycles. The zero-order chi connectivity index (χ0) is 13.9. The molecule has 5 heteroatoms. The Labute approximate surface area is 118 Å². The molecule has 5 nitrogen and oxygen atoms in total. The van der Waals surface area contributed by atoms with E-state index in [1.807, 2.05) is 28.8 Å². The van der Waals surface area contributed by atoms with Crippen molar-refractivity contribution in [2.75, 3.05) is 6.54 Å². The molecule has 106 valence electrons. The van der Waals surface area contributed by atoms with Gasteiger partial charge in [0.15, 0.2) is 0 Å². The van der Waals surface area contributed by atoms with Gasteiger partial charge in [-0.2, -0.15) is 5.10 Å². The highest BCUT2D eigenvalue weighted by atomic mass is 16.3. The average molecular weight is 273 g/mol. The number of rotatable bonds is 3. The fraction of sp³-hybridized carbons (Fsp3) is 0.467. The smallest absolute Gasteiger partial charge is 0.257 e. The molecule has 3 heterocycles. The first-order valence-corrected chi connectivity index (χ1v) is 7.08. The summed E-state index contributed by atoms with van der Waals surface area (Å²) >= 11 is 0. The molecular weight excluding hydrogens is 254 g/mol. The maximum atomic E-state index is 12.7. The lowest BCUT2D eigenvalue weighted by atomic mass is 10.0. The Morgan fingerprint density at radius 1 is 1.50 bits per heavy atom. The van der Waals surface area contributed by atoms with Gasteiger partial charge in [0, 0.05) is 18.9 Å². The monoisotopic (exact) mass is 273 g/mol. The molecule has 1 saturated heterocycles. The van der Waals surface area contributed by atoms with Crippen molar-refractivity contribution in [1.82, 2.24) is 14.7 Å². The van der Waals surface area contributed by atoms with Crippen molar-refractivity contribution in [3.8, 4) is 0 Å². The van der Waals surface area contributed by atoms with Gasteiger partial charge < -0.3 is 9.32 Å². The van der Waals surface area contributed by atoms with Gasteiger partial charge >= 0.3 is 0 Å². The van der Waals surface area contributed by atoms with Crippen LogP contribution in [0.4, 0.5) is 0 Å². The molecule has 0 unspecified atom stereocenters. The summed E-state index contributed by atoms with van der Waals surface area (Å²) in [6.07, 6.45) is 8.56. The number of aryl methyl sites for hydroxylation is 1. The molecule has 0 saturated carbocycles. The Morgan fingerprint density at radius 2 is 2.40 bits per heavy atom. The van der Waals surface area contributed by atoms with Gasteiger partial charge in [0.2, 0.25) is 0 Å². The highest BCUT2D eigenvalue weighted by Gasteiger charge is 2.29. The van der Waals surface area contributed by atoms with Gasteiger partial charge in [-0.25, -0.2) is 0 Å². The summed E-state index contributed by atoms with van der Waals surface area (Å²) in [6, 6.07) is 3.89. The molecule has 1 fully saturated rings. The molecule has 3 rings (SSSR count). The maximum absolute atomic E-state index is 12.7. The number of hydrogen-bond donors (Lipinski definition) is 0. The van der Waals surface area contributed by atoms with Gasteiger partial charge in [-0.15, -0.1) is 0 Å². The summed E-state index contributed by atoms with van der Waals surface area (Å²) in [7, 11) is 0. The third-order valence-electron chi connectivity index (χ3n) is 3.93. The third kappa shape index (κ3) is 2.48. The number of piperidine rings is 1. The first-order valence-electron chi connectivity index (χ1n) is 7.08. The number of carbonyl (C=O) groups excluding carboxylic acids is 1. The predicted octanol–water partition coefficient (Wildman–Crippen LogP) is 2.48. The summed E-state index contributed by atoms with van der Waals surface area (Å²) in [5, 5.41) is 4.24. The average Bonchev–Trinajstić information content (AvgIpc) is 3.10. The van der Waals surface area contributed by atoms with E-state index in [1.165, 1.54) is 6.42 Å². The second-order valence-corrected chi connectivity index (χ2v) is 5.27. The van der Waals surface area contributed by atoms with Crippen LogP contribution in [0.25, 0.3) is 0 Å². The number of amides is 1. The number of hydrogen-bond acceptors (Lipinski definition) is 3. The Morgan fingerprint density at radius 3 is 3.10 bits per heavy atom. The van der Waals surface area contributed by atoms with E-state index >= 15 is 0 Å². The second-order valence-electron chi connectivity index (χ2n) is 5.27. The van der Waals surface area contributed by atoms with E-state index in [0.29, 0.717) is 11.3 Å². The van der Waals surface area contributed by atoms with Gasteiger partial charge in [-0.3, -0.25) is 9.48 Å². The van der Waals surface area contributed by atoms with Crippen molar-refractivity contribution < 1.29 is 9.21 Å². The van der Waals surface area contributed by atoms with Gasteiger partial charge in [0.05, 0.1) is 24.4 Å². The lowest BCUT2D eigenvalue weighted by Crippen LogP contribution is -2.46. The van der Waals surface area contributed by atoms with Crippen LogP contribution in [0.3, 0.4) is 0 Å². The molecule has 2 aromatic heterocycles. The highest BCUT2D eigenvalue weighted by Crippen LogP contribution is 2.22. The fourth-order valence-electron chi connectivity index (χ4n) is 2.84. The van der Waals surface area contributed by atoms with Crippen LogP contribution < -0.4 is 0 Å². The van der Waals surface area contributed by atoms with Crippen molar-refractivity contribution in [3.63, 3.8) is 0 Å². The quantitative estimate of drug-likeness (QED) is 0.863. The number of aromatic nitrogens is 2. The Hall–Kier alpha value is -2.04. The first kappa shape index (κ1) is 13.0. The van der Waals surface area contributed by atoms with Crippen molar-refractivity contribution in [1.29, 1.82) is 0 Å². The van der Waals surface area contributed by atoms with Crippen LogP contribution in [0, 0.1) is 6.92 Å². The zero-order valence-electron chi connectivity index (χ0n) is 11.7. The molecule has 0 bridgehead atoms. The summed E-state index contributed by atoms with van der Waals surface area (Å²) in [6.45, 7) is 3.41. The molecule has 0 aromatic carbocycles. The minimum absolute atomic E-state index is 0.0770. The molecule has 20 heavy (non-hydrogen) atoms. The lowest BCUT2D eigenvalue weighted by molar-refractivity contribution is 0.0582. The van der Waals surface area contributed by atoms with E-state index in [0.717, 1.165) is 25.9 Å². The van der Waals surface area contributed by atoms with E-state index in [9.17, 15) is 4.79 Å².